The smallest absolute Gasteiger partial charge is 0.0587 e. The second-order valence-corrected chi connectivity index (χ2v) is 5.85. The van der Waals surface area contributed by atoms with Crippen molar-refractivity contribution < 1.29 is 4.74 Å². The van der Waals surface area contributed by atoms with Gasteiger partial charge in [0.2, 0.25) is 0 Å². The Bertz CT molecular complexity index is 341. The lowest BCUT2D eigenvalue weighted by Crippen LogP contribution is -2.30. The van der Waals surface area contributed by atoms with Crippen LogP contribution in [0.15, 0.2) is 28.7 Å². The van der Waals surface area contributed by atoms with Gasteiger partial charge in [-0.25, -0.2) is 0 Å². The van der Waals surface area contributed by atoms with E-state index in [2.05, 4.69) is 59.4 Å². The van der Waals surface area contributed by atoms with E-state index in [4.69, 9.17) is 4.74 Å². The molecule has 1 unspecified atom stereocenters. The minimum atomic E-state index is 0.653. The van der Waals surface area contributed by atoms with Crippen LogP contribution < -0.4 is 5.32 Å². The van der Waals surface area contributed by atoms with Gasteiger partial charge in [0.25, 0.3) is 0 Å². The zero-order valence-corrected chi connectivity index (χ0v) is 13.2. The number of halogens is 1. The standard InChI is InChI=1S/C15H24BrNO/c1-12(2)14(11-17-8-9-18-3)10-13-6-4-5-7-15(13)16/h4-7,12,14,17H,8-11H2,1-3H3. The Balaban J connectivity index is 2.50. The molecule has 3 heteroatoms. The third-order valence-electron chi connectivity index (χ3n) is 3.27. The molecule has 0 saturated heterocycles. The van der Waals surface area contributed by atoms with Gasteiger partial charge >= 0.3 is 0 Å². The second-order valence-electron chi connectivity index (χ2n) is 5.00. The van der Waals surface area contributed by atoms with Crippen molar-refractivity contribution in [1.29, 1.82) is 0 Å². The Morgan fingerprint density at radius 2 is 2.00 bits per heavy atom. The molecule has 0 aliphatic rings. The number of methoxy groups -OCH3 is 1. The van der Waals surface area contributed by atoms with Crippen molar-refractivity contribution in [1.82, 2.24) is 5.32 Å². The van der Waals surface area contributed by atoms with Crippen LogP contribution in [0.4, 0.5) is 0 Å². The monoisotopic (exact) mass is 313 g/mol. The maximum Gasteiger partial charge on any atom is 0.0587 e. The number of ether oxygens (including phenoxy) is 1. The van der Waals surface area contributed by atoms with Crippen LogP contribution in [0.25, 0.3) is 0 Å². The molecule has 0 fully saturated rings. The van der Waals surface area contributed by atoms with E-state index in [0.717, 1.165) is 26.1 Å². The fourth-order valence-corrected chi connectivity index (χ4v) is 2.40. The van der Waals surface area contributed by atoms with Crippen molar-refractivity contribution in [3.8, 4) is 0 Å². The van der Waals surface area contributed by atoms with Crippen LogP contribution in [0.1, 0.15) is 19.4 Å². The van der Waals surface area contributed by atoms with Gasteiger partial charge in [0.15, 0.2) is 0 Å². The summed E-state index contributed by atoms with van der Waals surface area (Å²) in [6, 6.07) is 8.49. The van der Waals surface area contributed by atoms with Gasteiger partial charge in [0, 0.05) is 18.1 Å². The van der Waals surface area contributed by atoms with E-state index in [1.807, 2.05) is 0 Å². The maximum absolute atomic E-state index is 5.05. The molecule has 0 aliphatic heterocycles. The van der Waals surface area contributed by atoms with Crippen LogP contribution in [0, 0.1) is 11.8 Å². The first-order valence-electron chi connectivity index (χ1n) is 6.58. The zero-order valence-electron chi connectivity index (χ0n) is 11.6. The molecule has 1 aromatic carbocycles. The summed E-state index contributed by atoms with van der Waals surface area (Å²) in [5, 5.41) is 3.47. The molecule has 0 radical (unpaired) electrons. The topological polar surface area (TPSA) is 21.3 Å². The fraction of sp³-hybridized carbons (Fsp3) is 0.600. The molecule has 0 bridgehead atoms. The highest BCUT2D eigenvalue weighted by atomic mass is 79.9. The van der Waals surface area contributed by atoms with E-state index in [0.29, 0.717) is 11.8 Å². The summed E-state index contributed by atoms with van der Waals surface area (Å²) in [6.07, 6.45) is 1.11. The first-order valence-corrected chi connectivity index (χ1v) is 7.37. The Morgan fingerprint density at radius 3 is 2.61 bits per heavy atom. The normalized spacial score (nSPS) is 12.9. The van der Waals surface area contributed by atoms with Crippen LogP contribution in [0.3, 0.4) is 0 Å². The summed E-state index contributed by atoms with van der Waals surface area (Å²) in [7, 11) is 1.74. The van der Waals surface area contributed by atoms with Gasteiger partial charge in [0.05, 0.1) is 6.61 Å². The first-order chi connectivity index (χ1) is 8.65. The van der Waals surface area contributed by atoms with E-state index in [1.54, 1.807) is 7.11 Å². The molecule has 102 valence electrons. The average molecular weight is 314 g/mol. The second kappa shape index (κ2) is 8.68. The quantitative estimate of drug-likeness (QED) is 0.742. The SMILES string of the molecule is COCCNCC(Cc1ccccc1Br)C(C)C. The molecule has 1 aromatic rings. The van der Waals surface area contributed by atoms with Gasteiger partial charge in [-0.05, 0) is 36.4 Å². The van der Waals surface area contributed by atoms with Gasteiger partial charge in [0.1, 0.15) is 0 Å². The number of hydrogen-bond acceptors (Lipinski definition) is 2. The summed E-state index contributed by atoms with van der Waals surface area (Å²) in [5.74, 6) is 1.33. The number of hydrogen-bond donors (Lipinski definition) is 1. The van der Waals surface area contributed by atoms with Crippen molar-refractivity contribution >= 4 is 15.9 Å². The van der Waals surface area contributed by atoms with Gasteiger partial charge in [-0.2, -0.15) is 0 Å². The van der Waals surface area contributed by atoms with Crippen molar-refractivity contribution in [2.45, 2.75) is 20.3 Å². The Morgan fingerprint density at radius 1 is 1.28 bits per heavy atom. The molecule has 0 amide bonds. The summed E-state index contributed by atoms with van der Waals surface area (Å²) < 4.78 is 6.27. The van der Waals surface area contributed by atoms with Gasteiger partial charge in [-0.3, -0.25) is 0 Å². The van der Waals surface area contributed by atoms with E-state index in [-0.39, 0.29) is 0 Å². The number of benzene rings is 1. The third kappa shape index (κ3) is 5.51. The fourth-order valence-electron chi connectivity index (χ4n) is 1.95. The third-order valence-corrected chi connectivity index (χ3v) is 4.05. The van der Waals surface area contributed by atoms with Crippen LogP contribution in [-0.4, -0.2) is 26.8 Å². The lowest BCUT2D eigenvalue weighted by molar-refractivity contribution is 0.196. The minimum Gasteiger partial charge on any atom is -0.383 e. The van der Waals surface area contributed by atoms with Crippen molar-refractivity contribution in [3.05, 3.63) is 34.3 Å². The molecular formula is C15H24BrNO. The summed E-state index contributed by atoms with van der Waals surface area (Å²) in [5.41, 5.74) is 1.39. The van der Waals surface area contributed by atoms with Crippen LogP contribution in [-0.2, 0) is 11.2 Å². The molecule has 0 spiro atoms. The molecule has 0 aromatic heterocycles. The average Bonchev–Trinajstić information content (AvgIpc) is 2.35. The molecule has 1 rings (SSSR count). The molecular weight excluding hydrogens is 290 g/mol. The van der Waals surface area contributed by atoms with Crippen LogP contribution in [0.5, 0.6) is 0 Å². The molecule has 0 heterocycles. The minimum absolute atomic E-state index is 0.653. The zero-order chi connectivity index (χ0) is 13.4. The summed E-state index contributed by atoms with van der Waals surface area (Å²) in [6.45, 7) is 7.33. The summed E-state index contributed by atoms with van der Waals surface area (Å²) in [4.78, 5) is 0. The number of nitrogens with one attached hydrogen (secondary N) is 1. The highest BCUT2D eigenvalue weighted by molar-refractivity contribution is 9.10. The molecule has 1 N–H and O–H groups in total. The van der Waals surface area contributed by atoms with Crippen LogP contribution in [0.2, 0.25) is 0 Å². The van der Waals surface area contributed by atoms with Crippen LogP contribution >= 0.6 is 15.9 Å². The van der Waals surface area contributed by atoms with E-state index < -0.39 is 0 Å². The molecule has 0 aliphatic carbocycles. The predicted octanol–water partition coefficient (Wildman–Crippen LogP) is 3.50. The van der Waals surface area contributed by atoms with Crippen molar-refractivity contribution in [3.63, 3.8) is 0 Å². The first kappa shape index (κ1) is 15.7. The Labute approximate surface area is 119 Å². The molecule has 1 atom stereocenters. The highest BCUT2D eigenvalue weighted by Gasteiger charge is 2.14. The Hall–Kier alpha value is -0.380. The van der Waals surface area contributed by atoms with Crippen molar-refractivity contribution in [2.24, 2.45) is 11.8 Å². The predicted molar refractivity (Wildman–Crippen MR) is 80.9 cm³/mol. The summed E-state index contributed by atoms with van der Waals surface area (Å²) >= 11 is 3.63. The lowest BCUT2D eigenvalue weighted by Gasteiger charge is -2.22. The molecule has 0 saturated carbocycles. The van der Waals surface area contributed by atoms with E-state index in [9.17, 15) is 0 Å². The largest absolute Gasteiger partial charge is 0.383 e. The van der Waals surface area contributed by atoms with E-state index in [1.165, 1.54) is 10.0 Å². The van der Waals surface area contributed by atoms with Gasteiger partial charge < -0.3 is 10.1 Å². The maximum atomic E-state index is 5.05. The molecule has 18 heavy (non-hydrogen) atoms. The van der Waals surface area contributed by atoms with Crippen molar-refractivity contribution in [2.75, 3.05) is 26.8 Å². The Kier molecular flexibility index (Phi) is 7.56. The van der Waals surface area contributed by atoms with E-state index >= 15 is 0 Å². The number of rotatable bonds is 8. The molecule has 2 nitrogen and oxygen atoms in total. The van der Waals surface area contributed by atoms with Gasteiger partial charge in [-0.1, -0.05) is 48.0 Å². The highest BCUT2D eigenvalue weighted by Crippen LogP contribution is 2.22. The lowest BCUT2D eigenvalue weighted by atomic mass is 9.89. The van der Waals surface area contributed by atoms with Gasteiger partial charge in [-0.15, -0.1) is 0 Å².